The van der Waals surface area contributed by atoms with E-state index < -0.39 is 10.0 Å². The molecule has 0 bridgehead atoms. The molecule has 0 aliphatic heterocycles. The van der Waals surface area contributed by atoms with Crippen LogP contribution in [0.2, 0.25) is 0 Å². The molecular formula is C19H20N4O3S2. The fourth-order valence-electron chi connectivity index (χ4n) is 2.50. The van der Waals surface area contributed by atoms with E-state index in [1.54, 1.807) is 19.1 Å². The maximum Gasteiger partial charge on any atom is 0.272 e. The number of hydrogen-bond acceptors (Lipinski definition) is 6. The van der Waals surface area contributed by atoms with E-state index in [-0.39, 0.29) is 21.9 Å². The molecule has 9 heteroatoms. The Hall–Kier alpha value is -2.62. The number of carbonyl (C=O) groups is 1. The van der Waals surface area contributed by atoms with Gasteiger partial charge >= 0.3 is 0 Å². The SMILES string of the molecule is CCN(Cc1ccccc1)S(=O)(=O)c1nnc(NC(=O)c2ccc(C)cc2)s1. The lowest BCUT2D eigenvalue weighted by atomic mass is 10.1. The van der Waals surface area contributed by atoms with Crippen molar-refractivity contribution in [1.82, 2.24) is 14.5 Å². The fraction of sp³-hybridized carbons (Fsp3) is 0.211. The molecule has 0 radical (unpaired) electrons. The van der Waals surface area contributed by atoms with E-state index in [1.165, 1.54) is 4.31 Å². The van der Waals surface area contributed by atoms with E-state index in [0.29, 0.717) is 12.1 Å². The molecule has 1 N–H and O–H groups in total. The highest BCUT2D eigenvalue weighted by Gasteiger charge is 2.28. The zero-order chi connectivity index (χ0) is 20.1. The van der Waals surface area contributed by atoms with Gasteiger partial charge in [-0.1, -0.05) is 66.3 Å². The summed E-state index contributed by atoms with van der Waals surface area (Å²) in [5, 5.41) is 10.3. The van der Waals surface area contributed by atoms with Crippen LogP contribution in [0, 0.1) is 6.92 Å². The number of aryl methyl sites for hydroxylation is 1. The van der Waals surface area contributed by atoms with Crippen molar-refractivity contribution < 1.29 is 13.2 Å². The van der Waals surface area contributed by atoms with Gasteiger partial charge in [0.15, 0.2) is 0 Å². The molecule has 0 spiro atoms. The van der Waals surface area contributed by atoms with Crippen LogP contribution in [0.4, 0.5) is 5.13 Å². The van der Waals surface area contributed by atoms with Crippen LogP contribution in [-0.2, 0) is 16.6 Å². The molecule has 146 valence electrons. The van der Waals surface area contributed by atoms with Crippen molar-refractivity contribution in [3.63, 3.8) is 0 Å². The summed E-state index contributed by atoms with van der Waals surface area (Å²) in [5.41, 5.74) is 2.38. The van der Waals surface area contributed by atoms with Crippen molar-refractivity contribution in [2.24, 2.45) is 0 Å². The number of aromatic nitrogens is 2. The van der Waals surface area contributed by atoms with Gasteiger partial charge in [-0.25, -0.2) is 8.42 Å². The molecule has 0 fully saturated rings. The zero-order valence-corrected chi connectivity index (χ0v) is 17.1. The highest BCUT2D eigenvalue weighted by molar-refractivity contribution is 7.91. The average Bonchev–Trinajstić information content (AvgIpc) is 3.16. The Kier molecular flexibility index (Phi) is 6.18. The van der Waals surface area contributed by atoms with Crippen LogP contribution >= 0.6 is 11.3 Å². The number of amides is 1. The maximum atomic E-state index is 12.9. The smallest absolute Gasteiger partial charge is 0.272 e. The quantitative estimate of drug-likeness (QED) is 0.597. The lowest BCUT2D eigenvalue weighted by Gasteiger charge is -2.18. The van der Waals surface area contributed by atoms with Gasteiger partial charge in [-0.15, -0.1) is 10.2 Å². The largest absolute Gasteiger partial charge is 0.296 e. The highest BCUT2D eigenvalue weighted by Crippen LogP contribution is 2.25. The first kappa shape index (κ1) is 20.1. The van der Waals surface area contributed by atoms with E-state index in [1.807, 2.05) is 49.4 Å². The van der Waals surface area contributed by atoms with Crippen LogP contribution < -0.4 is 5.32 Å². The van der Waals surface area contributed by atoms with Crippen LogP contribution in [-0.4, -0.2) is 35.4 Å². The third-order valence-electron chi connectivity index (χ3n) is 4.06. The second-order valence-corrected chi connectivity index (χ2v) is 9.20. The minimum Gasteiger partial charge on any atom is -0.296 e. The van der Waals surface area contributed by atoms with Gasteiger partial charge in [0.1, 0.15) is 0 Å². The van der Waals surface area contributed by atoms with Crippen molar-refractivity contribution in [1.29, 1.82) is 0 Å². The van der Waals surface area contributed by atoms with Crippen molar-refractivity contribution in [3.05, 3.63) is 71.3 Å². The van der Waals surface area contributed by atoms with Crippen molar-refractivity contribution >= 4 is 32.4 Å². The van der Waals surface area contributed by atoms with Gasteiger partial charge in [-0.3, -0.25) is 10.1 Å². The zero-order valence-electron chi connectivity index (χ0n) is 15.5. The molecule has 0 atom stereocenters. The minimum atomic E-state index is -3.81. The number of carbonyl (C=O) groups excluding carboxylic acids is 1. The summed E-state index contributed by atoms with van der Waals surface area (Å²) < 4.78 is 27.0. The molecule has 0 saturated heterocycles. The minimum absolute atomic E-state index is 0.139. The molecule has 7 nitrogen and oxygen atoms in total. The van der Waals surface area contributed by atoms with E-state index >= 15 is 0 Å². The van der Waals surface area contributed by atoms with Crippen molar-refractivity contribution in [3.8, 4) is 0 Å². The van der Waals surface area contributed by atoms with Gasteiger partial charge in [0.25, 0.3) is 15.9 Å². The molecule has 0 unspecified atom stereocenters. The average molecular weight is 417 g/mol. The van der Waals surface area contributed by atoms with Gasteiger partial charge in [0, 0.05) is 18.7 Å². The standard InChI is InChI=1S/C19H20N4O3S2/c1-3-23(13-15-7-5-4-6-8-15)28(25,26)19-22-21-18(27-19)20-17(24)16-11-9-14(2)10-12-16/h4-12H,3,13H2,1-2H3,(H,20,21,24). The third-order valence-corrected chi connectivity index (χ3v) is 7.16. The number of anilines is 1. The molecule has 1 heterocycles. The Morgan fingerprint density at radius 2 is 1.75 bits per heavy atom. The summed E-state index contributed by atoms with van der Waals surface area (Å²) in [7, 11) is -3.81. The van der Waals surface area contributed by atoms with Gasteiger partial charge < -0.3 is 0 Å². The second kappa shape index (κ2) is 8.59. The molecule has 0 aliphatic carbocycles. The van der Waals surface area contributed by atoms with Crippen molar-refractivity contribution in [2.45, 2.75) is 24.7 Å². The summed E-state index contributed by atoms with van der Waals surface area (Å²) in [6, 6.07) is 16.4. The number of benzene rings is 2. The lowest BCUT2D eigenvalue weighted by molar-refractivity contribution is 0.102. The molecule has 2 aromatic carbocycles. The Morgan fingerprint density at radius 1 is 1.07 bits per heavy atom. The normalized spacial score (nSPS) is 11.5. The van der Waals surface area contributed by atoms with E-state index in [2.05, 4.69) is 15.5 Å². The Morgan fingerprint density at radius 3 is 2.39 bits per heavy atom. The Bertz CT molecular complexity index is 1050. The number of nitrogens with zero attached hydrogens (tertiary/aromatic N) is 3. The Balaban J connectivity index is 1.75. The van der Waals surface area contributed by atoms with Crippen LogP contribution in [0.25, 0.3) is 0 Å². The van der Waals surface area contributed by atoms with E-state index in [9.17, 15) is 13.2 Å². The van der Waals surface area contributed by atoms with E-state index in [0.717, 1.165) is 22.5 Å². The topological polar surface area (TPSA) is 92.3 Å². The van der Waals surface area contributed by atoms with Gasteiger partial charge in [-0.05, 0) is 24.6 Å². The van der Waals surface area contributed by atoms with Gasteiger partial charge in [0.05, 0.1) is 0 Å². The number of nitrogens with one attached hydrogen (secondary N) is 1. The van der Waals surface area contributed by atoms with Gasteiger partial charge in [0.2, 0.25) is 9.47 Å². The molecule has 3 rings (SSSR count). The number of sulfonamides is 1. The predicted octanol–water partition coefficient (Wildman–Crippen LogP) is 3.31. The summed E-state index contributed by atoms with van der Waals surface area (Å²) in [5.74, 6) is -0.364. The first-order chi connectivity index (χ1) is 13.4. The fourth-order valence-corrected chi connectivity index (χ4v) is 4.97. The summed E-state index contributed by atoms with van der Waals surface area (Å²) in [6.45, 7) is 4.23. The van der Waals surface area contributed by atoms with Gasteiger partial charge in [-0.2, -0.15) is 4.31 Å². The third kappa shape index (κ3) is 4.61. The Labute approximate surface area is 168 Å². The molecular weight excluding hydrogens is 396 g/mol. The highest BCUT2D eigenvalue weighted by atomic mass is 32.2. The first-order valence-electron chi connectivity index (χ1n) is 8.65. The molecule has 3 aromatic rings. The molecule has 28 heavy (non-hydrogen) atoms. The van der Waals surface area contributed by atoms with Crippen LogP contribution in [0.3, 0.4) is 0 Å². The first-order valence-corrected chi connectivity index (χ1v) is 10.9. The van der Waals surface area contributed by atoms with E-state index in [4.69, 9.17) is 0 Å². The van der Waals surface area contributed by atoms with Crippen LogP contribution in [0.1, 0.15) is 28.4 Å². The lowest BCUT2D eigenvalue weighted by Crippen LogP contribution is -2.30. The summed E-state index contributed by atoms with van der Waals surface area (Å²) >= 11 is 0.836. The molecule has 1 amide bonds. The molecule has 0 saturated carbocycles. The summed E-state index contributed by atoms with van der Waals surface area (Å²) in [4.78, 5) is 12.3. The predicted molar refractivity (Wildman–Crippen MR) is 109 cm³/mol. The summed E-state index contributed by atoms with van der Waals surface area (Å²) in [6.07, 6.45) is 0. The molecule has 1 aromatic heterocycles. The number of rotatable bonds is 7. The van der Waals surface area contributed by atoms with Crippen molar-refractivity contribution in [2.75, 3.05) is 11.9 Å². The monoisotopic (exact) mass is 416 g/mol. The maximum absolute atomic E-state index is 12.9. The second-order valence-electron chi connectivity index (χ2n) is 6.11. The van der Waals surface area contributed by atoms with Crippen LogP contribution in [0.15, 0.2) is 58.9 Å². The molecule has 0 aliphatic rings. The van der Waals surface area contributed by atoms with Crippen LogP contribution in [0.5, 0.6) is 0 Å². The number of hydrogen-bond donors (Lipinski definition) is 1.